The van der Waals surface area contributed by atoms with Gasteiger partial charge in [-0.1, -0.05) is 30.3 Å². The van der Waals surface area contributed by atoms with Gasteiger partial charge in [-0.15, -0.1) is 0 Å². The smallest absolute Gasteiger partial charge is 0.147 e. The third-order valence-electron chi connectivity index (χ3n) is 3.16. The van der Waals surface area contributed by atoms with Crippen molar-refractivity contribution in [3.8, 4) is 0 Å². The molecule has 2 nitrogen and oxygen atoms in total. The van der Waals surface area contributed by atoms with Crippen LogP contribution in [0.3, 0.4) is 0 Å². The second-order valence-corrected chi connectivity index (χ2v) is 4.55. The second kappa shape index (κ2) is 5.85. The summed E-state index contributed by atoms with van der Waals surface area (Å²) in [4.78, 5) is 1.95. The minimum atomic E-state index is -0.236. The fourth-order valence-corrected chi connectivity index (χ4v) is 2.26. The van der Waals surface area contributed by atoms with Crippen LogP contribution in [0.4, 0.5) is 15.8 Å². The van der Waals surface area contributed by atoms with E-state index in [9.17, 15) is 4.39 Å². The number of hydrogen-bond donors (Lipinski definition) is 1. The topological polar surface area (TPSA) is 29.3 Å². The quantitative estimate of drug-likeness (QED) is 0.898. The number of benzene rings is 2. The van der Waals surface area contributed by atoms with E-state index in [-0.39, 0.29) is 11.9 Å². The van der Waals surface area contributed by atoms with Crippen LogP contribution in [0.25, 0.3) is 0 Å². The first-order valence-corrected chi connectivity index (χ1v) is 6.51. The van der Waals surface area contributed by atoms with Crippen molar-refractivity contribution >= 4 is 11.4 Å². The average Bonchev–Trinajstić information content (AvgIpc) is 2.42. The Morgan fingerprint density at radius 1 is 1.11 bits per heavy atom. The lowest BCUT2D eigenvalue weighted by Gasteiger charge is -2.27. The molecule has 19 heavy (non-hydrogen) atoms. The molecule has 0 unspecified atom stereocenters. The number of hydrogen-bond acceptors (Lipinski definition) is 2. The molecule has 0 radical (unpaired) electrons. The summed E-state index contributed by atoms with van der Waals surface area (Å²) in [5.41, 5.74) is 8.33. The Hall–Kier alpha value is -1.87. The van der Waals surface area contributed by atoms with Gasteiger partial charge in [-0.2, -0.15) is 0 Å². The standard InChI is InChI=1S/C16H19FN2/c1-3-19(13-8-5-4-6-9-13)16-14(12(2)18)10-7-11-15(16)17/h4-12H,3,18H2,1-2H3/t12-/m1/s1. The molecule has 100 valence electrons. The van der Waals surface area contributed by atoms with Crippen LogP contribution in [0.5, 0.6) is 0 Å². The Labute approximate surface area is 113 Å². The van der Waals surface area contributed by atoms with E-state index >= 15 is 0 Å². The Morgan fingerprint density at radius 2 is 1.79 bits per heavy atom. The maximum atomic E-state index is 14.2. The van der Waals surface area contributed by atoms with Crippen molar-refractivity contribution in [3.05, 3.63) is 59.9 Å². The summed E-state index contributed by atoms with van der Waals surface area (Å²) in [5, 5.41) is 0. The van der Waals surface area contributed by atoms with Crippen LogP contribution < -0.4 is 10.6 Å². The summed E-state index contributed by atoms with van der Waals surface area (Å²) in [6, 6.07) is 14.7. The van der Waals surface area contributed by atoms with E-state index in [0.717, 1.165) is 11.3 Å². The number of anilines is 2. The molecule has 2 N–H and O–H groups in total. The highest BCUT2D eigenvalue weighted by atomic mass is 19.1. The SMILES string of the molecule is CCN(c1ccccc1)c1c(F)cccc1[C@@H](C)N. The Morgan fingerprint density at radius 3 is 2.37 bits per heavy atom. The summed E-state index contributed by atoms with van der Waals surface area (Å²) in [6.07, 6.45) is 0. The third kappa shape index (κ3) is 2.76. The van der Waals surface area contributed by atoms with Gasteiger partial charge in [-0.05, 0) is 37.6 Å². The van der Waals surface area contributed by atoms with Crippen LogP contribution in [0, 0.1) is 5.82 Å². The minimum absolute atomic E-state index is 0.205. The summed E-state index contributed by atoms with van der Waals surface area (Å²) in [6.45, 7) is 4.56. The van der Waals surface area contributed by atoms with Crippen molar-refractivity contribution in [1.82, 2.24) is 0 Å². The van der Waals surface area contributed by atoms with Crippen LogP contribution in [0.2, 0.25) is 0 Å². The lowest BCUT2D eigenvalue weighted by molar-refractivity contribution is 0.620. The summed E-state index contributed by atoms with van der Waals surface area (Å²) in [5.74, 6) is -0.236. The molecule has 0 aliphatic carbocycles. The first-order valence-electron chi connectivity index (χ1n) is 6.51. The van der Waals surface area contributed by atoms with E-state index in [0.29, 0.717) is 12.2 Å². The summed E-state index contributed by atoms with van der Waals surface area (Å²) in [7, 11) is 0. The van der Waals surface area contributed by atoms with Crippen molar-refractivity contribution in [2.24, 2.45) is 5.73 Å². The summed E-state index contributed by atoms with van der Waals surface area (Å²) < 4.78 is 14.2. The van der Waals surface area contributed by atoms with Gasteiger partial charge in [0.2, 0.25) is 0 Å². The predicted octanol–water partition coefficient (Wildman–Crippen LogP) is 4.00. The highest BCUT2D eigenvalue weighted by Crippen LogP contribution is 2.33. The maximum absolute atomic E-state index is 14.2. The molecule has 2 aromatic carbocycles. The van der Waals surface area contributed by atoms with Gasteiger partial charge in [0.05, 0.1) is 5.69 Å². The van der Waals surface area contributed by atoms with Gasteiger partial charge >= 0.3 is 0 Å². The van der Waals surface area contributed by atoms with E-state index in [1.54, 1.807) is 6.07 Å². The highest BCUT2D eigenvalue weighted by Gasteiger charge is 2.18. The predicted molar refractivity (Wildman–Crippen MR) is 78.1 cm³/mol. The molecule has 0 saturated carbocycles. The number of nitrogens with two attached hydrogens (primary N) is 1. The second-order valence-electron chi connectivity index (χ2n) is 4.55. The zero-order valence-corrected chi connectivity index (χ0v) is 11.3. The van der Waals surface area contributed by atoms with E-state index in [1.165, 1.54) is 6.07 Å². The fourth-order valence-electron chi connectivity index (χ4n) is 2.26. The van der Waals surface area contributed by atoms with E-state index in [1.807, 2.05) is 55.1 Å². The molecule has 0 spiro atoms. The van der Waals surface area contributed by atoms with Gasteiger partial charge in [0.1, 0.15) is 5.82 Å². The Kier molecular flexibility index (Phi) is 4.17. The molecule has 0 aromatic heterocycles. The van der Waals surface area contributed by atoms with Gasteiger partial charge in [0.25, 0.3) is 0 Å². The average molecular weight is 258 g/mol. The molecule has 1 atom stereocenters. The van der Waals surface area contributed by atoms with Crippen molar-refractivity contribution < 1.29 is 4.39 Å². The molecule has 0 heterocycles. The van der Waals surface area contributed by atoms with Gasteiger partial charge in [0.15, 0.2) is 0 Å². The van der Waals surface area contributed by atoms with Crippen molar-refractivity contribution in [1.29, 1.82) is 0 Å². The molecule has 0 bridgehead atoms. The van der Waals surface area contributed by atoms with Crippen LogP contribution in [0.1, 0.15) is 25.5 Å². The van der Waals surface area contributed by atoms with Crippen molar-refractivity contribution in [2.75, 3.05) is 11.4 Å². The molecule has 0 aliphatic rings. The minimum Gasteiger partial charge on any atom is -0.339 e. The maximum Gasteiger partial charge on any atom is 0.147 e. The van der Waals surface area contributed by atoms with Crippen LogP contribution in [0.15, 0.2) is 48.5 Å². The first kappa shape index (κ1) is 13.6. The van der Waals surface area contributed by atoms with Gasteiger partial charge < -0.3 is 10.6 Å². The normalized spacial score (nSPS) is 12.2. The number of nitrogens with zero attached hydrogens (tertiary/aromatic N) is 1. The zero-order chi connectivity index (χ0) is 13.8. The molecule has 2 rings (SSSR count). The van der Waals surface area contributed by atoms with E-state index in [4.69, 9.17) is 5.73 Å². The monoisotopic (exact) mass is 258 g/mol. The third-order valence-corrected chi connectivity index (χ3v) is 3.16. The van der Waals surface area contributed by atoms with E-state index in [2.05, 4.69) is 0 Å². The zero-order valence-electron chi connectivity index (χ0n) is 11.3. The van der Waals surface area contributed by atoms with Crippen molar-refractivity contribution in [3.63, 3.8) is 0 Å². The lowest BCUT2D eigenvalue weighted by Crippen LogP contribution is -2.21. The number of para-hydroxylation sites is 2. The molecular formula is C16H19FN2. The molecule has 3 heteroatoms. The van der Waals surface area contributed by atoms with E-state index < -0.39 is 0 Å². The van der Waals surface area contributed by atoms with Crippen LogP contribution in [-0.2, 0) is 0 Å². The number of rotatable bonds is 4. The first-order chi connectivity index (χ1) is 9.15. The van der Waals surface area contributed by atoms with Gasteiger partial charge in [0, 0.05) is 18.3 Å². The fraction of sp³-hybridized carbons (Fsp3) is 0.250. The largest absolute Gasteiger partial charge is 0.339 e. The highest BCUT2D eigenvalue weighted by molar-refractivity contribution is 5.67. The molecule has 0 saturated heterocycles. The molecular weight excluding hydrogens is 239 g/mol. The molecule has 0 aliphatic heterocycles. The molecule has 2 aromatic rings. The number of halogens is 1. The van der Waals surface area contributed by atoms with Gasteiger partial charge in [-0.25, -0.2) is 4.39 Å². The van der Waals surface area contributed by atoms with Crippen LogP contribution in [-0.4, -0.2) is 6.54 Å². The van der Waals surface area contributed by atoms with Crippen LogP contribution >= 0.6 is 0 Å². The molecule has 0 amide bonds. The van der Waals surface area contributed by atoms with Crippen molar-refractivity contribution in [2.45, 2.75) is 19.9 Å². The van der Waals surface area contributed by atoms with Gasteiger partial charge in [-0.3, -0.25) is 0 Å². The Balaban J connectivity index is 2.55. The lowest BCUT2D eigenvalue weighted by atomic mass is 10.0. The summed E-state index contributed by atoms with van der Waals surface area (Å²) >= 11 is 0. The Bertz CT molecular complexity index is 538. The molecule has 0 fully saturated rings.